The lowest BCUT2D eigenvalue weighted by atomic mass is 9.99. The van der Waals surface area contributed by atoms with Crippen molar-refractivity contribution in [2.75, 3.05) is 13.1 Å². The summed E-state index contributed by atoms with van der Waals surface area (Å²) in [5, 5.41) is 2.99. The lowest BCUT2D eigenvalue weighted by molar-refractivity contribution is 0.0906. The average molecular weight is 326 g/mol. The van der Waals surface area contributed by atoms with Crippen molar-refractivity contribution in [2.45, 2.75) is 39.3 Å². The van der Waals surface area contributed by atoms with Crippen LogP contribution in [0.4, 0.5) is 0 Å². The summed E-state index contributed by atoms with van der Waals surface area (Å²) in [7, 11) is 0. The molecule has 0 aliphatic carbocycles. The van der Waals surface area contributed by atoms with E-state index in [1.54, 1.807) is 6.07 Å². The van der Waals surface area contributed by atoms with Gasteiger partial charge in [-0.3, -0.25) is 9.69 Å². The Morgan fingerprint density at radius 1 is 1.21 bits per heavy atom. The van der Waals surface area contributed by atoms with Crippen molar-refractivity contribution in [1.29, 1.82) is 0 Å². The maximum absolute atomic E-state index is 12.4. The molecule has 0 saturated carbocycles. The molecule has 1 unspecified atom stereocenters. The fourth-order valence-corrected chi connectivity index (χ4v) is 3.12. The van der Waals surface area contributed by atoms with Crippen LogP contribution in [0, 0.1) is 5.92 Å². The van der Waals surface area contributed by atoms with Gasteiger partial charge in [0.05, 0.1) is 12.6 Å². The van der Waals surface area contributed by atoms with Crippen LogP contribution < -0.4 is 5.32 Å². The second-order valence-electron chi connectivity index (χ2n) is 6.83. The number of hydrogen-bond donors (Lipinski definition) is 1. The van der Waals surface area contributed by atoms with Gasteiger partial charge in [-0.05, 0) is 56.5 Å². The number of rotatable bonds is 5. The topological polar surface area (TPSA) is 45.5 Å². The third kappa shape index (κ3) is 4.26. The number of amides is 1. The molecule has 1 aromatic carbocycles. The lowest BCUT2D eigenvalue weighted by Gasteiger charge is -2.29. The lowest BCUT2D eigenvalue weighted by Crippen LogP contribution is -2.32. The molecule has 1 fully saturated rings. The molecule has 3 rings (SSSR count). The van der Waals surface area contributed by atoms with E-state index in [0.717, 1.165) is 36.9 Å². The Balaban J connectivity index is 1.55. The van der Waals surface area contributed by atoms with Gasteiger partial charge < -0.3 is 9.73 Å². The van der Waals surface area contributed by atoms with Gasteiger partial charge in [-0.25, -0.2) is 0 Å². The molecule has 1 amide bonds. The standard InChI is InChI=1S/C20H26N2O2/c1-15-10-12-22(13-11-15)14-18-8-9-19(24-18)20(23)21-16(2)17-6-4-3-5-7-17/h3-9,15-16H,10-14H2,1-2H3,(H,21,23). The molecule has 0 bridgehead atoms. The maximum atomic E-state index is 12.4. The van der Waals surface area contributed by atoms with Gasteiger partial charge in [0.15, 0.2) is 5.76 Å². The number of carbonyl (C=O) groups is 1. The van der Waals surface area contributed by atoms with Gasteiger partial charge in [0.25, 0.3) is 5.91 Å². The monoisotopic (exact) mass is 326 g/mol. The molecule has 1 aromatic heterocycles. The zero-order valence-electron chi connectivity index (χ0n) is 14.5. The highest BCUT2D eigenvalue weighted by atomic mass is 16.4. The van der Waals surface area contributed by atoms with Crippen molar-refractivity contribution in [1.82, 2.24) is 10.2 Å². The van der Waals surface area contributed by atoms with Crippen LogP contribution in [0.25, 0.3) is 0 Å². The van der Waals surface area contributed by atoms with E-state index < -0.39 is 0 Å². The molecule has 128 valence electrons. The van der Waals surface area contributed by atoms with Crippen molar-refractivity contribution in [3.63, 3.8) is 0 Å². The van der Waals surface area contributed by atoms with E-state index >= 15 is 0 Å². The van der Waals surface area contributed by atoms with Gasteiger partial charge in [0.1, 0.15) is 5.76 Å². The minimum absolute atomic E-state index is 0.0455. The van der Waals surface area contributed by atoms with Crippen molar-refractivity contribution in [2.24, 2.45) is 5.92 Å². The Morgan fingerprint density at radius 3 is 2.62 bits per heavy atom. The van der Waals surface area contributed by atoms with Crippen LogP contribution in [-0.2, 0) is 6.54 Å². The van der Waals surface area contributed by atoms with Gasteiger partial charge in [0.2, 0.25) is 0 Å². The van der Waals surface area contributed by atoms with Crippen molar-refractivity contribution < 1.29 is 9.21 Å². The normalized spacial score (nSPS) is 17.6. The van der Waals surface area contributed by atoms with Crippen LogP contribution in [0.15, 0.2) is 46.9 Å². The molecule has 1 atom stereocenters. The zero-order chi connectivity index (χ0) is 16.9. The molecule has 24 heavy (non-hydrogen) atoms. The molecule has 2 heterocycles. The Kier molecular flexibility index (Phi) is 5.36. The molecule has 1 aliphatic heterocycles. The highest BCUT2D eigenvalue weighted by molar-refractivity contribution is 5.91. The molecule has 0 spiro atoms. The van der Waals surface area contributed by atoms with E-state index in [0.29, 0.717) is 5.76 Å². The second-order valence-corrected chi connectivity index (χ2v) is 6.83. The second kappa shape index (κ2) is 7.67. The molecule has 4 heteroatoms. The largest absolute Gasteiger partial charge is 0.455 e. The fraction of sp³-hybridized carbons (Fsp3) is 0.450. The summed E-state index contributed by atoms with van der Waals surface area (Å²) in [5.74, 6) is 1.91. The van der Waals surface area contributed by atoms with E-state index in [1.807, 2.05) is 43.3 Å². The average Bonchev–Trinajstić information content (AvgIpc) is 3.06. The zero-order valence-corrected chi connectivity index (χ0v) is 14.5. The van der Waals surface area contributed by atoms with Gasteiger partial charge in [-0.1, -0.05) is 37.3 Å². The number of furan rings is 1. The molecule has 4 nitrogen and oxygen atoms in total. The number of hydrogen-bond acceptors (Lipinski definition) is 3. The first-order chi connectivity index (χ1) is 11.6. The first-order valence-corrected chi connectivity index (χ1v) is 8.78. The van der Waals surface area contributed by atoms with E-state index in [1.165, 1.54) is 12.8 Å². The number of benzene rings is 1. The smallest absolute Gasteiger partial charge is 0.287 e. The molecule has 0 radical (unpaired) electrons. The molecule has 1 saturated heterocycles. The van der Waals surface area contributed by atoms with Crippen molar-refractivity contribution in [3.05, 3.63) is 59.5 Å². The molecule has 1 aliphatic rings. The Bertz CT molecular complexity index is 657. The van der Waals surface area contributed by atoms with E-state index in [9.17, 15) is 4.79 Å². The predicted molar refractivity (Wildman–Crippen MR) is 94.7 cm³/mol. The number of nitrogens with one attached hydrogen (secondary N) is 1. The summed E-state index contributed by atoms with van der Waals surface area (Å²) in [6.07, 6.45) is 2.48. The maximum Gasteiger partial charge on any atom is 0.287 e. The highest BCUT2D eigenvalue weighted by Gasteiger charge is 2.19. The Labute approximate surface area is 143 Å². The Morgan fingerprint density at radius 2 is 1.92 bits per heavy atom. The summed E-state index contributed by atoms with van der Waals surface area (Å²) < 4.78 is 5.76. The Hall–Kier alpha value is -2.07. The first kappa shape index (κ1) is 16.8. The van der Waals surface area contributed by atoms with Gasteiger partial charge in [-0.15, -0.1) is 0 Å². The molecule has 2 aromatic rings. The minimum atomic E-state index is -0.162. The molecular weight excluding hydrogens is 300 g/mol. The summed E-state index contributed by atoms with van der Waals surface area (Å²) in [4.78, 5) is 14.8. The van der Waals surface area contributed by atoms with Crippen molar-refractivity contribution in [3.8, 4) is 0 Å². The predicted octanol–water partition coefficient (Wildman–Crippen LogP) is 4.00. The molecular formula is C20H26N2O2. The van der Waals surface area contributed by atoms with E-state index in [-0.39, 0.29) is 11.9 Å². The summed E-state index contributed by atoms with van der Waals surface area (Å²) in [5.41, 5.74) is 1.08. The SMILES string of the molecule is CC1CCN(Cc2ccc(C(=O)NC(C)c3ccccc3)o2)CC1. The third-order valence-electron chi connectivity index (χ3n) is 4.79. The van der Waals surface area contributed by atoms with Gasteiger partial charge in [0, 0.05) is 0 Å². The van der Waals surface area contributed by atoms with E-state index in [2.05, 4.69) is 17.1 Å². The van der Waals surface area contributed by atoms with Gasteiger partial charge in [-0.2, -0.15) is 0 Å². The highest BCUT2D eigenvalue weighted by Crippen LogP contribution is 2.19. The first-order valence-electron chi connectivity index (χ1n) is 8.78. The van der Waals surface area contributed by atoms with Crippen LogP contribution in [0.2, 0.25) is 0 Å². The summed E-state index contributed by atoms with van der Waals surface area (Å²) in [6, 6.07) is 13.6. The number of piperidine rings is 1. The summed E-state index contributed by atoms with van der Waals surface area (Å²) >= 11 is 0. The fourth-order valence-electron chi connectivity index (χ4n) is 3.12. The van der Waals surface area contributed by atoms with Crippen molar-refractivity contribution >= 4 is 5.91 Å². The van der Waals surface area contributed by atoms with Crippen LogP contribution in [0.3, 0.4) is 0 Å². The third-order valence-corrected chi connectivity index (χ3v) is 4.79. The van der Waals surface area contributed by atoms with E-state index in [4.69, 9.17) is 4.42 Å². The van der Waals surface area contributed by atoms with Crippen LogP contribution >= 0.6 is 0 Å². The van der Waals surface area contributed by atoms with Crippen LogP contribution in [0.1, 0.15) is 54.6 Å². The molecule has 1 N–H and O–H groups in total. The number of likely N-dealkylation sites (tertiary alicyclic amines) is 1. The summed E-state index contributed by atoms with van der Waals surface area (Å²) in [6.45, 7) is 7.28. The van der Waals surface area contributed by atoms with Gasteiger partial charge >= 0.3 is 0 Å². The quantitative estimate of drug-likeness (QED) is 0.903. The minimum Gasteiger partial charge on any atom is -0.455 e. The number of nitrogens with zero attached hydrogens (tertiary/aromatic N) is 1. The van der Waals surface area contributed by atoms with Crippen LogP contribution in [-0.4, -0.2) is 23.9 Å². The van der Waals surface area contributed by atoms with Crippen LogP contribution in [0.5, 0.6) is 0 Å². The number of carbonyl (C=O) groups excluding carboxylic acids is 1.